The maximum absolute atomic E-state index is 9.12. The molecule has 0 aliphatic heterocycles. The van der Waals surface area contributed by atoms with Gasteiger partial charge in [0.05, 0.1) is 16.7 Å². The standard InChI is InChI=1S/C7H5Cl3O2/c8-4-1-5(12)7(10)6(9)3(4)2-11/h1,11-12H,2H2. The van der Waals surface area contributed by atoms with Crippen LogP contribution in [0.25, 0.3) is 0 Å². The molecule has 0 aliphatic carbocycles. The monoisotopic (exact) mass is 226 g/mol. The van der Waals surface area contributed by atoms with E-state index in [1.54, 1.807) is 0 Å². The highest BCUT2D eigenvalue weighted by Gasteiger charge is 2.12. The van der Waals surface area contributed by atoms with Gasteiger partial charge in [0.2, 0.25) is 0 Å². The minimum atomic E-state index is -0.308. The lowest BCUT2D eigenvalue weighted by molar-refractivity contribution is 0.282. The van der Waals surface area contributed by atoms with Crippen molar-refractivity contribution < 1.29 is 10.2 Å². The number of aliphatic hydroxyl groups excluding tert-OH is 1. The van der Waals surface area contributed by atoms with Crippen LogP contribution in [-0.2, 0) is 6.61 Å². The number of aromatic hydroxyl groups is 1. The highest BCUT2D eigenvalue weighted by molar-refractivity contribution is 6.44. The van der Waals surface area contributed by atoms with Crippen molar-refractivity contribution in [3.05, 3.63) is 26.7 Å². The summed E-state index contributed by atoms with van der Waals surface area (Å²) < 4.78 is 0. The molecule has 0 bridgehead atoms. The Morgan fingerprint density at radius 1 is 1.17 bits per heavy atom. The van der Waals surface area contributed by atoms with Crippen molar-refractivity contribution in [3.8, 4) is 5.75 Å². The summed E-state index contributed by atoms with van der Waals surface area (Å²) in [7, 11) is 0. The molecule has 0 saturated heterocycles. The number of hydrogen-bond donors (Lipinski definition) is 2. The molecule has 0 aromatic heterocycles. The fraction of sp³-hybridized carbons (Fsp3) is 0.143. The van der Waals surface area contributed by atoms with Crippen LogP contribution in [0, 0.1) is 0 Å². The molecule has 1 rings (SSSR count). The van der Waals surface area contributed by atoms with Crippen molar-refractivity contribution in [2.75, 3.05) is 0 Å². The largest absolute Gasteiger partial charge is 0.506 e. The first-order valence-electron chi connectivity index (χ1n) is 3.04. The van der Waals surface area contributed by atoms with Gasteiger partial charge in [0.25, 0.3) is 0 Å². The number of halogens is 3. The lowest BCUT2D eigenvalue weighted by Gasteiger charge is -2.06. The first kappa shape index (κ1) is 9.93. The van der Waals surface area contributed by atoms with Crippen molar-refractivity contribution in [3.63, 3.8) is 0 Å². The minimum Gasteiger partial charge on any atom is -0.506 e. The zero-order chi connectivity index (χ0) is 9.30. The van der Waals surface area contributed by atoms with Crippen LogP contribution in [0.2, 0.25) is 15.1 Å². The van der Waals surface area contributed by atoms with E-state index in [-0.39, 0.29) is 27.4 Å². The maximum atomic E-state index is 9.12. The summed E-state index contributed by atoms with van der Waals surface area (Å²) in [6, 6.07) is 1.24. The highest BCUT2D eigenvalue weighted by Crippen LogP contribution is 2.38. The molecule has 0 unspecified atom stereocenters. The van der Waals surface area contributed by atoms with Gasteiger partial charge in [-0.1, -0.05) is 34.8 Å². The number of benzene rings is 1. The topological polar surface area (TPSA) is 40.5 Å². The molecule has 0 heterocycles. The summed E-state index contributed by atoms with van der Waals surface area (Å²) in [5.41, 5.74) is 0.320. The van der Waals surface area contributed by atoms with Gasteiger partial charge in [0.15, 0.2) is 0 Å². The average Bonchev–Trinajstić information content (AvgIpc) is 2.01. The normalized spacial score (nSPS) is 10.3. The lowest BCUT2D eigenvalue weighted by Crippen LogP contribution is -1.87. The van der Waals surface area contributed by atoms with Gasteiger partial charge in [0.1, 0.15) is 10.8 Å². The Balaban J connectivity index is 3.40. The quantitative estimate of drug-likeness (QED) is 0.724. The third-order valence-electron chi connectivity index (χ3n) is 1.39. The molecule has 0 saturated carbocycles. The van der Waals surface area contributed by atoms with Gasteiger partial charge < -0.3 is 10.2 Å². The van der Waals surface area contributed by atoms with Crippen molar-refractivity contribution in [1.29, 1.82) is 0 Å². The zero-order valence-electron chi connectivity index (χ0n) is 5.81. The van der Waals surface area contributed by atoms with E-state index in [2.05, 4.69) is 0 Å². The lowest BCUT2D eigenvalue weighted by atomic mass is 10.2. The number of phenols is 1. The Morgan fingerprint density at radius 2 is 1.75 bits per heavy atom. The van der Waals surface area contributed by atoms with Crippen molar-refractivity contribution in [1.82, 2.24) is 0 Å². The van der Waals surface area contributed by atoms with Crippen LogP contribution in [0.15, 0.2) is 6.07 Å². The Bertz CT molecular complexity index is 312. The summed E-state index contributed by atoms with van der Waals surface area (Å²) in [6.07, 6.45) is 0. The van der Waals surface area contributed by atoms with Crippen LogP contribution in [0.4, 0.5) is 0 Å². The molecule has 1 aromatic rings. The molecule has 0 amide bonds. The SMILES string of the molecule is OCc1c(Cl)cc(O)c(Cl)c1Cl. The Morgan fingerprint density at radius 3 is 2.25 bits per heavy atom. The van der Waals surface area contributed by atoms with Crippen LogP contribution in [0.3, 0.4) is 0 Å². The molecule has 66 valence electrons. The van der Waals surface area contributed by atoms with Gasteiger partial charge in [-0.15, -0.1) is 0 Å². The zero-order valence-corrected chi connectivity index (χ0v) is 8.08. The third-order valence-corrected chi connectivity index (χ3v) is 2.63. The van der Waals surface area contributed by atoms with Gasteiger partial charge in [-0.2, -0.15) is 0 Å². The summed E-state index contributed by atoms with van der Waals surface area (Å²) in [4.78, 5) is 0. The third kappa shape index (κ3) is 1.62. The van der Waals surface area contributed by atoms with E-state index in [1.165, 1.54) is 6.07 Å². The number of phenolic OH excluding ortho intramolecular Hbond substituents is 1. The molecule has 1 aromatic carbocycles. The molecule has 5 heteroatoms. The van der Waals surface area contributed by atoms with Gasteiger partial charge in [-0.3, -0.25) is 0 Å². The molecular formula is C7H5Cl3O2. The molecule has 0 atom stereocenters. The van der Waals surface area contributed by atoms with E-state index >= 15 is 0 Å². The van der Waals surface area contributed by atoms with E-state index in [0.29, 0.717) is 5.56 Å². The maximum Gasteiger partial charge on any atom is 0.137 e. The van der Waals surface area contributed by atoms with E-state index in [1.807, 2.05) is 0 Å². The molecule has 0 fully saturated rings. The van der Waals surface area contributed by atoms with Crippen molar-refractivity contribution >= 4 is 34.8 Å². The number of hydrogen-bond acceptors (Lipinski definition) is 2. The fourth-order valence-electron chi connectivity index (χ4n) is 0.765. The molecule has 12 heavy (non-hydrogen) atoms. The second-order valence-corrected chi connectivity index (χ2v) is 3.31. The van der Waals surface area contributed by atoms with Gasteiger partial charge in [-0.25, -0.2) is 0 Å². The van der Waals surface area contributed by atoms with E-state index in [4.69, 9.17) is 45.0 Å². The molecule has 0 aliphatic rings. The second-order valence-electron chi connectivity index (χ2n) is 2.14. The predicted octanol–water partition coefficient (Wildman–Crippen LogP) is 2.84. The van der Waals surface area contributed by atoms with Crippen LogP contribution >= 0.6 is 34.8 Å². The van der Waals surface area contributed by atoms with Crippen LogP contribution in [-0.4, -0.2) is 10.2 Å². The highest BCUT2D eigenvalue weighted by atomic mass is 35.5. The first-order valence-corrected chi connectivity index (χ1v) is 4.17. The summed E-state index contributed by atoms with van der Waals surface area (Å²) >= 11 is 16.9. The number of rotatable bonds is 1. The van der Waals surface area contributed by atoms with E-state index in [0.717, 1.165) is 0 Å². The second kappa shape index (κ2) is 3.71. The summed E-state index contributed by atoms with van der Waals surface area (Å²) in [5.74, 6) is -0.191. The number of aliphatic hydroxyl groups is 1. The molecule has 0 spiro atoms. The molecule has 0 radical (unpaired) electrons. The van der Waals surface area contributed by atoms with Gasteiger partial charge in [-0.05, 0) is 0 Å². The Kier molecular flexibility index (Phi) is 3.07. The molecule has 2 nitrogen and oxygen atoms in total. The predicted molar refractivity (Wildman–Crippen MR) is 49.1 cm³/mol. The first-order chi connectivity index (χ1) is 5.57. The summed E-state index contributed by atoms with van der Waals surface area (Å²) in [5, 5.41) is 18.2. The molecular weight excluding hydrogens is 222 g/mol. The van der Waals surface area contributed by atoms with Crippen molar-refractivity contribution in [2.24, 2.45) is 0 Å². The summed E-state index contributed by atoms with van der Waals surface area (Å²) in [6.45, 7) is -0.308. The van der Waals surface area contributed by atoms with Crippen LogP contribution in [0.5, 0.6) is 5.75 Å². The van der Waals surface area contributed by atoms with Crippen LogP contribution in [0.1, 0.15) is 5.56 Å². The van der Waals surface area contributed by atoms with E-state index < -0.39 is 0 Å². The van der Waals surface area contributed by atoms with Crippen molar-refractivity contribution in [2.45, 2.75) is 6.61 Å². The average molecular weight is 227 g/mol. The van der Waals surface area contributed by atoms with Gasteiger partial charge in [0, 0.05) is 11.6 Å². The van der Waals surface area contributed by atoms with E-state index in [9.17, 15) is 0 Å². The Hall–Kier alpha value is -0.150. The van der Waals surface area contributed by atoms with Crippen LogP contribution < -0.4 is 0 Å². The smallest absolute Gasteiger partial charge is 0.137 e. The Labute approximate surface area is 84.3 Å². The minimum absolute atomic E-state index is 0.00474. The fourth-order valence-corrected chi connectivity index (χ4v) is 1.50. The van der Waals surface area contributed by atoms with Gasteiger partial charge >= 0.3 is 0 Å². The molecule has 2 N–H and O–H groups in total.